The summed E-state index contributed by atoms with van der Waals surface area (Å²) in [5.41, 5.74) is 1.61. The Morgan fingerprint density at radius 2 is 1.81 bits per heavy atom. The van der Waals surface area contributed by atoms with Crippen LogP contribution in [0.4, 0.5) is 0 Å². The summed E-state index contributed by atoms with van der Waals surface area (Å²) in [6.07, 6.45) is 1.72. The molecule has 1 saturated heterocycles. The van der Waals surface area contributed by atoms with Gasteiger partial charge in [-0.25, -0.2) is 4.31 Å². The molecule has 0 aliphatic carbocycles. The molecule has 1 N–H and O–H groups in total. The molecule has 1 fully saturated rings. The molecule has 6 nitrogen and oxygen atoms in total. The minimum absolute atomic E-state index is 0.101. The number of rotatable bonds is 6. The molecule has 3 aromatic rings. The monoisotopic (exact) mass is 439 g/mol. The molecule has 1 aliphatic rings. The summed E-state index contributed by atoms with van der Waals surface area (Å²) >= 11 is 0. The van der Waals surface area contributed by atoms with Crippen molar-refractivity contribution in [2.24, 2.45) is 0 Å². The van der Waals surface area contributed by atoms with Gasteiger partial charge in [-0.05, 0) is 36.6 Å². The van der Waals surface area contributed by atoms with E-state index >= 15 is 0 Å². The highest BCUT2D eigenvalue weighted by molar-refractivity contribution is 8.13. The molecule has 4 rings (SSSR count). The summed E-state index contributed by atoms with van der Waals surface area (Å²) in [6.45, 7) is 6.68. The molecule has 7 heteroatoms. The normalized spacial score (nSPS) is 16.5. The molecule has 0 bridgehead atoms. The first-order chi connectivity index (χ1) is 15.1. The van der Waals surface area contributed by atoms with Gasteiger partial charge >= 0.3 is 0 Å². The van der Waals surface area contributed by atoms with Crippen LogP contribution in [0.3, 0.4) is 0 Å². The Balaban J connectivity index is 1.44. The van der Waals surface area contributed by atoms with E-state index in [2.05, 4.69) is 38.6 Å². The number of benzene rings is 2. The van der Waals surface area contributed by atoms with E-state index in [1.54, 1.807) is 20.4 Å². The number of ether oxygens (including phenoxy) is 2. The Hall–Kier alpha value is -2.61. The van der Waals surface area contributed by atoms with Gasteiger partial charge in [0.05, 0.1) is 14.2 Å². The van der Waals surface area contributed by atoms with Crippen LogP contribution < -0.4 is 9.47 Å². The molecule has 2 aromatic carbocycles. The van der Waals surface area contributed by atoms with Gasteiger partial charge in [0.25, 0.3) is 0 Å². The first kappa shape index (κ1) is 21.6. The van der Waals surface area contributed by atoms with Gasteiger partial charge in [-0.1, -0.05) is 28.9 Å². The van der Waals surface area contributed by atoms with Crippen molar-refractivity contribution in [3.05, 3.63) is 54.2 Å². The van der Waals surface area contributed by atoms with Crippen molar-refractivity contribution in [2.75, 3.05) is 40.4 Å². The van der Waals surface area contributed by atoms with Gasteiger partial charge in [0.1, 0.15) is 11.3 Å². The van der Waals surface area contributed by atoms with E-state index in [0.29, 0.717) is 11.3 Å². The van der Waals surface area contributed by atoms with Gasteiger partial charge in [0, 0.05) is 54.8 Å². The third-order valence-electron chi connectivity index (χ3n) is 5.65. The number of fused-ring (bicyclic) bond motifs is 1. The molecule has 0 saturated carbocycles. The summed E-state index contributed by atoms with van der Waals surface area (Å²) in [7, 11) is 3.23. The average Bonchev–Trinajstić information content (AvgIpc) is 2.82. The highest BCUT2D eigenvalue weighted by atomic mass is 32.2. The SMILES string of the molecule is CC=S(c1ccc(OC)c(OC)c1)N1CCN(Cc2ccc3cccnc3c2O)CC1. The quantitative estimate of drug-likeness (QED) is 0.583. The number of aromatic hydroxyl groups is 1. The Morgan fingerprint density at radius 3 is 2.52 bits per heavy atom. The lowest BCUT2D eigenvalue weighted by atomic mass is 10.1. The molecule has 2 heterocycles. The highest BCUT2D eigenvalue weighted by Crippen LogP contribution is 2.38. The number of piperazine rings is 1. The van der Waals surface area contributed by atoms with E-state index in [1.807, 2.05) is 30.3 Å². The number of aromatic nitrogens is 1. The van der Waals surface area contributed by atoms with Gasteiger partial charge in [0.2, 0.25) is 0 Å². The lowest BCUT2D eigenvalue weighted by molar-refractivity contribution is 0.187. The van der Waals surface area contributed by atoms with Crippen molar-refractivity contribution in [2.45, 2.75) is 18.4 Å². The van der Waals surface area contributed by atoms with Gasteiger partial charge in [-0.3, -0.25) is 9.88 Å². The first-order valence-corrected chi connectivity index (χ1v) is 11.7. The Bertz CT molecular complexity index is 1090. The molecule has 31 heavy (non-hydrogen) atoms. The van der Waals surface area contributed by atoms with Crippen molar-refractivity contribution in [1.29, 1.82) is 0 Å². The van der Waals surface area contributed by atoms with E-state index in [9.17, 15) is 5.11 Å². The zero-order chi connectivity index (χ0) is 21.8. The maximum Gasteiger partial charge on any atom is 0.161 e. The van der Waals surface area contributed by atoms with Crippen molar-refractivity contribution in [3.8, 4) is 17.2 Å². The Labute approximate surface area is 186 Å². The van der Waals surface area contributed by atoms with Crippen LogP contribution in [0.15, 0.2) is 53.6 Å². The Morgan fingerprint density at radius 1 is 1.03 bits per heavy atom. The molecule has 0 spiro atoms. The fourth-order valence-electron chi connectivity index (χ4n) is 4.01. The number of phenolic OH excluding ortho intramolecular Hbond substituents is 1. The van der Waals surface area contributed by atoms with Crippen LogP contribution in [0.25, 0.3) is 10.9 Å². The van der Waals surface area contributed by atoms with Crippen LogP contribution >= 0.6 is 10.7 Å². The molecule has 164 valence electrons. The van der Waals surface area contributed by atoms with Gasteiger partial charge in [0.15, 0.2) is 11.5 Å². The fourth-order valence-corrected chi connectivity index (χ4v) is 5.87. The lowest BCUT2D eigenvalue weighted by Crippen LogP contribution is -2.43. The maximum atomic E-state index is 10.7. The number of pyridine rings is 1. The summed E-state index contributed by atoms with van der Waals surface area (Å²) in [5.74, 6) is 1.81. The van der Waals surface area contributed by atoms with E-state index in [4.69, 9.17) is 9.47 Å². The Kier molecular flexibility index (Phi) is 6.75. The number of nitrogens with zero attached hydrogens (tertiary/aromatic N) is 3. The first-order valence-electron chi connectivity index (χ1n) is 10.4. The second kappa shape index (κ2) is 9.68. The topological polar surface area (TPSA) is 58.1 Å². The summed E-state index contributed by atoms with van der Waals surface area (Å²) in [4.78, 5) is 7.97. The molecule has 1 atom stereocenters. The minimum atomic E-state index is -0.101. The van der Waals surface area contributed by atoms with E-state index in [-0.39, 0.29) is 10.7 Å². The number of methoxy groups -OCH3 is 2. The largest absolute Gasteiger partial charge is 0.505 e. The molecule has 1 aromatic heterocycles. The number of hydrogen-bond donors (Lipinski definition) is 1. The fraction of sp³-hybridized carbons (Fsp3) is 0.333. The molecular weight excluding hydrogens is 410 g/mol. The third kappa shape index (κ3) is 4.54. The third-order valence-corrected chi connectivity index (χ3v) is 7.76. The number of phenols is 1. The van der Waals surface area contributed by atoms with Crippen LogP contribution in [0, 0.1) is 0 Å². The van der Waals surface area contributed by atoms with Gasteiger partial charge < -0.3 is 14.6 Å². The minimum Gasteiger partial charge on any atom is -0.505 e. The number of hydrogen-bond acceptors (Lipinski definition) is 6. The smallest absolute Gasteiger partial charge is 0.161 e. The van der Waals surface area contributed by atoms with Gasteiger partial charge in [-0.2, -0.15) is 0 Å². The lowest BCUT2D eigenvalue weighted by Gasteiger charge is -2.36. The van der Waals surface area contributed by atoms with Crippen molar-refractivity contribution < 1.29 is 14.6 Å². The van der Waals surface area contributed by atoms with E-state index in [1.165, 1.54) is 4.90 Å². The second-order valence-corrected chi connectivity index (χ2v) is 9.51. The maximum absolute atomic E-state index is 10.7. The average molecular weight is 440 g/mol. The predicted octanol–water partition coefficient (Wildman–Crippen LogP) is 4.14. The molecular formula is C24H29N3O3S. The van der Waals surface area contributed by atoms with Gasteiger partial charge in [-0.15, -0.1) is 0 Å². The zero-order valence-corrected chi connectivity index (χ0v) is 19.1. The summed E-state index contributed by atoms with van der Waals surface area (Å²) < 4.78 is 13.4. The predicted molar refractivity (Wildman–Crippen MR) is 127 cm³/mol. The molecule has 0 radical (unpaired) electrons. The standard InChI is InChI=1S/C24H29N3O3S/c1-4-31(20-9-10-21(29-2)22(16-20)30-3)27-14-12-26(13-15-27)17-19-8-7-18-6-5-11-25-23(18)24(19)28/h4-11,16,28H,12-15,17H2,1-3H3. The summed E-state index contributed by atoms with van der Waals surface area (Å²) in [6, 6.07) is 14.1. The molecule has 1 aliphatic heterocycles. The highest BCUT2D eigenvalue weighted by Gasteiger charge is 2.21. The molecule has 1 unspecified atom stereocenters. The van der Waals surface area contributed by atoms with Crippen LogP contribution in [-0.4, -0.2) is 65.1 Å². The molecule has 0 amide bonds. The van der Waals surface area contributed by atoms with E-state index in [0.717, 1.165) is 55.2 Å². The van der Waals surface area contributed by atoms with Crippen LogP contribution in [0.1, 0.15) is 12.5 Å². The van der Waals surface area contributed by atoms with Crippen LogP contribution in [-0.2, 0) is 6.54 Å². The van der Waals surface area contributed by atoms with Crippen molar-refractivity contribution in [3.63, 3.8) is 0 Å². The van der Waals surface area contributed by atoms with Crippen molar-refractivity contribution >= 4 is 26.9 Å². The second-order valence-electron chi connectivity index (χ2n) is 7.42. The van der Waals surface area contributed by atoms with Crippen LogP contribution in [0.5, 0.6) is 17.2 Å². The zero-order valence-electron chi connectivity index (χ0n) is 18.2. The van der Waals surface area contributed by atoms with E-state index < -0.39 is 0 Å². The van der Waals surface area contributed by atoms with Crippen molar-refractivity contribution in [1.82, 2.24) is 14.2 Å². The van der Waals surface area contributed by atoms with Crippen LogP contribution in [0.2, 0.25) is 0 Å². The summed E-state index contributed by atoms with van der Waals surface area (Å²) in [5, 5.41) is 13.9.